The first-order valence-corrected chi connectivity index (χ1v) is 6.05. The van der Waals surface area contributed by atoms with Gasteiger partial charge in [0.1, 0.15) is 0 Å². The summed E-state index contributed by atoms with van der Waals surface area (Å²) in [5.74, 6) is -2.46. The van der Waals surface area contributed by atoms with E-state index >= 15 is 0 Å². The summed E-state index contributed by atoms with van der Waals surface area (Å²) in [6, 6.07) is 8.54. The predicted octanol–water partition coefficient (Wildman–Crippen LogP) is 3.72. The van der Waals surface area contributed by atoms with E-state index < -0.39 is 5.76 Å². The molecular formula is C12H11F2N3S. The Bertz CT molecular complexity index is 534. The number of halogens is 2. The van der Waals surface area contributed by atoms with E-state index in [9.17, 15) is 8.78 Å². The maximum Gasteiger partial charge on any atom is 0.288 e. The maximum absolute atomic E-state index is 12.4. The number of hydrogen-bond acceptors (Lipinski definition) is 4. The van der Waals surface area contributed by atoms with E-state index in [1.807, 2.05) is 0 Å². The first-order chi connectivity index (χ1) is 8.66. The molecule has 0 aliphatic heterocycles. The molecule has 1 aromatic carbocycles. The van der Waals surface area contributed by atoms with Crippen LogP contribution in [0, 0.1) is 0 Å². The summed E-state index contributed by atoms with van der Waals surface area (Å²) in [6.07, 6.45) is 3.09. The van der Waals surface area contributed by atoms with Crippen molar-refractivity contribution in [2.24, 2.45) is 0 Å². The van der Waals surface area contributed by atoms with Gasteiger partial charge in [0.25, 0.3) is 5.76 Å². The zero-order valence-corrected chi connectivity index (χ0v) is 10.1. The number of alkyl halides is 2. The van der Waals surface area contributed by atoms with Gasteiger partial charge in [-0.1, -0.05) is 23.9 Å². The minimum Gasteiger partial charge on any atom is -0.396 e. The normalized spacial score (nSPS) is 10.6. The zero-order chi connectivity index (χ0) is 13.0. The number of hydrogen-bond donors (Lipinski definition) is 2. The molecule has 0 saturated carbocycles. The molecule has 0 aliphatic rings. The number of aromatic nitrogens is 1. The molecule has 2 rings (SSSR count). The molecule has 0 spiro atoms. The molecule has 3 N–H and O–H groups in total. The number of nitrogens with one attached hydrogen (secondary N) is 1. The molecule has 0 unspecified atom stereocenters. The number of pyridine rings is 1. The quantitative estimate of drug-likeness (QED) is 0.829. The second-order valence-corrected chi connectivity index (χ2v) is 4.49. The molecule has 0 radical (unpaired) electrons. The Kier molecular flexibility index (Phi) is 3.99. The Morgan fingerprint density at radius 3 is 2.67 bits per heavy atom. The number of benzene rings is 1. The Morgan fingerprint density at radius 2 is 1.94 bits per heavy atom. The smallest absolute Gasteiger partial charge is 0.288 e. The molecule has 18 heavy (non-hydrogen) atoms. The molecule has 1 aromatic heterocycles. The van der Waals surface area contributed by atoms with E-state index in [0.29, 0.717) is 33.7 Å². The van der Waals surface area contributed by atoms with Crippen molar-refractivity contribution in [3.05, 3.63) is 42.7 Å². The molecule has 0 bridgehead atoms. The highest BCUT2D eigenvalue weighted by molar-refractivity contribution is 7.99. The molecule has 0 atom stereocenters. The van der Waals surface area contributed by atoms with Crippen LogP contribution in [0.5, 0.6) is 0 Å². The van der Waals surface area contributed by atoms with Gasteiger partial charge in [-0.2, -0.15) is 8.78 Å². The summed E-state index contributed by atoms with van der Waals surface area (Å²) in [7, 11) is 0. The molecule has 0 fully saturated rings. The highest BCUT2D eigenvalue weighted by Crippen LogP contribution is 2.34. The van der Waals surface area contributed by atoms with E-state index in [-0.39, 0.29) is 0 Å². The number of para-hydroxylation sites is 1. The fourth-order valence-electron chi connectivity index (χ4n) is 1.43. The average molecular weight is 267 g/mol. The number of rotatable bonds is 4. The molecule has 3 nitrogen and oxygen atoms in total. The van der Waals surface area contributed by atoms with Crippen LogP contribution in [0.2, 0.25) is 0 Å². The van der Waals surface area contributed by atoms with Crippen LogP contribution in [-0.2, 0) is 0 Å². The summed E-state index contributed by atoms with van der Waals surface area (Å²) in [5.41, 5.74) is 7.45. The minimum absolute atomic E-state index is 0.467. The van der Waals surface area contributed by atoms with Crippen molar-refractivity contribution in [1.82, 2.24) is 4.98 Å². The van der Waals surface area contributed by atoms with Crippen molar-refractivity contribution in [1.29, 1.82) is 0 Å². The van der Waals surface area contributed by atoms with E-state index in [0.717, 1.165) is 0 Å². The predicted molar refractivity (Wildman–Crippen MR) is 70.2 cm³/mol. The number of nitrogen functional groups attached to an aromatic ring is 1. The van der Waals surface area contributed by atoms with Gasteiger partial charge < -0.3 is 11.1 Å². The van der Waals surface area contributed by atoms with Gasteiger partial charge in [-0.15, -0.1) is 0 Å². The van der Waals surface area contributed by atoms with Gasteiger partial charge in [-0.25, -0.2) is 0 Å². The van der Waals surface area contributed by atoms with Crippen LogP contribution in [0.15, 0.2) is 47.6 Å². The van der Waals surface area contributed by atoms with E-state index in [4.69, 9.17) is 5.73 Å². The minimum atomic E-state index is -2.46. The molecule has 0 aliphatic carbocycles. The lowest BCUT2D eigenvalue weighted by atomic mass is 10.3. The van der Waals surface area contributed by atoms with Crippen LogP contribution in [0.4, 0.5) is 25.8 Å². The third-order valence-electron chi connectivity index (χ3n) is 2.22. The number of nitrogens with two attached hydrogens (primary N) is 1. The summed E-state index contributed by atoms with van der Waals surface area (Å²) in [5, 5.41) is 3.03. The fourth-order valence-corrected chi connectivity index (χ4v) is 2.03. The lowest BCUT2D eigenvalue weighted by molar-refractivity contribution is 0.252. The molecular weight excluding hydrogens is 256 g/mol. The Hall–Kier alpha value is -1.82. The van der Waals surface area contributed by atoms with Crippen LogP contribution in [0.1, 0.15) is 0 Å². The highest BCUT2D eigenvalue weighted by atomic mass is 32.2. The van der Waals surface area contributed by atoms with Crippen LogP contribution in [0.3, 0.4) is 0 Å². The van der Waals surface area contributed by atoms with Gasteiger partial charge in [0.05, 0.1) is 23.3 Å². The van der Waals surface area contributed by atoms with Crippen LogP contribution >= 0.6 is 11.8 Å². The van der Waals surface area contributed by atoms with Crippen LogP contribution in [-0.4, -0.2) is 10.7 Å². The standard InChI is InChI=1S/C12H11F2N3S/c13-12(14)18-11-4-2-1-3-10(11)17-9-5-6-16-7-8(9)15/h1-7,12H,15H2,(H,16,17). The number of nitrogens with zero attached hydrogens (tertiary/aromatic N) is 1. The molecule has 0 saturated heterocycles. The Balaban J connectivity index is 2.26. The SMILES string of the molecule is Nc1cnccc1Nc1ccccc1SC(F)F. The molecule has 94 valence electrons. The van der Waals surface area contributed by atoms with Crippen LogP contribution < -0.4 is 11.1 Å². The van der Waals surface area contributed by atoms with Crippen LogP contribution in [0.25, 0.3) is 0 Å². The number of thioether (sulfide) groups is 1. The third kappa shape index (κ3) is 3.10. The summed E-state index contributed by atoms with van der Waals surface area (Å²) < 4.78 is 24.8. The van der Waals surface area contributed by atoms with Gasteiger partial charge in [0.2, 0.25) is 0 Å². The maximum atomic E-state index is 12.4. The van der Waals surface area contributed by atoms with Crippen molar-refractivity contribution < 1.29 is 8.78 Å². The van der Waals surface area contributed by atoms with Gasteiger partial charge >= 0.3 is 0 Å². The monoisotopic (exact) mass is 267 g/mol. The molecule has 0 amide bonds. The first-order valence-electron chi connectivity index (χ1n) is 5.17. The van der Waals surface area contributed by atoms with Gasteiger partial charge in [0.15, 0.2) is 0 Å². The number of anilines is 3. The van der Waals surface area contributed by atoms with Crippen molar-refractivity contribution in [3.8, 4) is 0 Å². The molecule has 1 heterocycles. The Labute approximate surface area is 107 Å². The van der Waals surface area contributed by atoms with Gasteiger partial charge in [-0.05, 0) is 18.2 Å². The van der Waals surface area contributed by atoms with Gasteiger partial charge in [0, 0.05) is 11.1 Å². The molecule has 6 heteroatoms. The lowest BCUT2D eigenvalue weighted by Gasteiger charge is -2.12. The van der Waals surface area contributed by atoms with Gasteiger partial charge in [-0.3, -0.25) is 4.98 Å². The van der Waals surface area contributed by atoms with Crippen molar-refractivity contribution >= 4 is 28.8 Å². The summed E-state index contributed by atoms with van der Waals surface area (Å²) >= 11 is 0.498. The Morgan fingerprint density at radius 1 is 1.17 bits per heavy atom. The van der Waals surface area contributed by atoms with Crippen molar-refractivity contribution in [2.45, 2.75) is 10.7 Å². The fraction of sp³-hybridized carbons (Fsp3) is 0.0833. The topological polar surface area (TPSA) is 50.9 Å². The third-order valence-corrected chi connectivity index (χ3v) is 3.01. The largest absolute Gasteiger partial charge is 0.396 e. The van der Waals surface area contributed by atoms with Crippen molar-refractivity contribution in [3.63, 3.8) is 0 Å². The van der Waals surface area contributed by atoms with E-state index in [2.05, 4.69) is 10.3 Å². The second-order valence-electron chi connectivity index (χ2n) is 3.46. The van der Waals surface area contributed by atoms with E-state index in [1.165, 1.54) is 6.20 Å². The molecule has 2 aromatic rings. The zero-order valence-electron chi connectivity index (χ0n) is 9.31. The highest BCUT2D eigenvalue weighted by Gasteiger charge is 2.10. The first kappa shape index (κ1) is 12.6. The van der Waals surface area contributed by atoms with E-state index in [1.54, 1.807) is 36.5 Å². The summed E-state index contributed by atoms with van der Waals surface area (Å²) in [4.78, 5) is 4.34. The second kappa shape index (κ2) is 5.68. The lowest BCUT2D eigenvalue weighted by Crippen LogP contribution is -1.98. The summed E-state index contributed by atoms with van der Waals surface area (Å²) in [6.45, 7) is 0. The van der Waals surface area contributed by atoms with Crippen molar-refractivity contribution in [2.75, 3.05) is 11.1 Å². The average Bonchev–Trinajstić information content (AvgIpc) is 2.34.